The lowest BCUT2D eigenvalue weighted by molar-refractivity contribution is 0.0964. The molecule has 4 aromatic rings. The number of pyridine rings is 2. The molecule has 0 unspecified atom stereocenters. The van der Waals surface area contributed by atoms with E-state index in [2.05, 4.69) is 25.7 Å². The molecule has 14 heteroatoms. The quantitative estimate of drug-likeness (QED) is 0.283. The van der Waals surface area contributed by atoms with E-state index >= 15 is 0 Å². The Hall–Kier alpha value is -4.19. The number of nitrogens with zero attached hydrogens (tertiary/aromatic N) is 6. The summed E-state index contributed by atoms with van der Waals surface area (Å²) in [6.45, 7) is 2.82. The summed E-state index contributed by atoms with van der Waals surface area (Å²) >= 11 is 18.5. The zero-order chi connectivity index (χ0) is 29.3. The van der Waals surface area contributed by atoms with Crippen molar-refractivity contribution < 1.29 is 14.4 Å². The first-order chi connectivity index (χ1) is 19.7. The third-order valence-electron chi connectivity index (χ3n) is 6.41. The molecule has 4 heterocycles. The first kappa shape index (κ1) is 28.3. The average Bonchev–Trinajstić information content (AvgIpc) is 3.54. The number of urea groups is 1. The molecule has 210 valence electrons. The Morgan fingerprint density at radius 2 is 1.83 bits per heavy atom. The third kappa shape index (κ3) is 5.83. The van der Waals surface area contributed by atoms with Gasteiger partial charge in [-0.1, -0.05) is 40.9 Å². The summed E-state index contributed by atoms with van der Waals surface area (Å²) in [6.07, 6.45) is 3.13. The van der Waals surface area contributed by atoms with E-state index in [-0.39, 0.29) is 39.6 Å². The number of benzene rings is 1. The second kappa shape index (κ2) is 11.7. The molecule has 1 aromatic carbocycles. The lowest BCUT2D eigenvalue weighted by Crippen LogP contribution is -2.31. The van der Waals surface area contributed by atoms with Crippen molar-refractivity contribution in [3.05, 3.63) is 92.4 Å². The van der Waals surface area contributed by atoms with Crippen molar-refractivity contribution in [3.8, 4) is 5.82 Å². The van der Waals surface area contributed by atoms with Gasteiger partial charge in [-0.15, -0.1) is 5.10 Å². The number of rotatable bonds is 7. The Kier molecular flexibility index (Phi) is 8.11. The Morgan fingerprint density at radius 1 is 1.02 bits per heavy atom. The molecule has 0 spiro atoms. The first-order valence-corrected chi connectivity index (χ1v) is 13.5. The average molecular weight is 614 g/mol. The van der Waals surface area contributed by atoms with Crippen LogP contribution < -0.4 is 15.5 Å². The van der Waals surface area contributed by atoms with Gasteiger partial charge in [-0.25, -0.2) is 19.4 Å². The molecule has 11 nitrogen and oxygen atoms in total. The van der Waals surface area contributed by atoms with E-state index in [1.54, 1.807) is 48.4 Å². The minimum absolute atomic E-state index is 0.0472. The fourth-order valence-corrected chi connectivity index (χ4v) is 5.01. The smallest absolute Gasteiger partial charge is 0.326 e. The molecule has 0 radical (unpaired) electrons. The van der Waals surface area contributed by atoms with Gasteiger partial charge in [0.25, 0.3) is 11.8 Å². The van der Waals surface area contributed by atoms with Gasteiger partial charge >= 0.3 is 6.03 Å². The number of anilines is 2. The van der Waals surface area contributed by atoms with E-state index < -0.39 is 11.8 Å². The fourth-order valence-electron chi connectivity index (χ4n) is 4.42. The van der Waals surface area contributed by atoms with E-state index in [0.717, 1.165) is 5.56 Å². The Morgan fingerprint density at radius 3 is 2.54 bits per heavy atom. The fraction of sp³-hybridized carbons (Fsp3) is 0.185. The van der Waals surface area contributed by atoms with Crippen LogP contribution in [0.5, 0.6) is 0 Å². The van der Waals surface area contributed by atoms with Gasteiger partial charge in [0.15, 0.2) is 11.6 Å². The molecule has 0 atom stereocenters. The highest BCUT2D eigenvalue weighted by Crippen LogP contribution is 2.29. The third-order valence-corrected chi connectivity index (χ3v) is 7.15. The highest BCUT2D eigenvalue weighted by molar-refractivity contribution is 6.32. The number of aromatic nitrogens is 4. The molecular weight excluding hydrogens is 591 g/mol. The monoisotopic (exact) mass is 612 g/mol. The van der Waals surface area contributed by atoms with Gasteiger partial charge in [0, 0.05) is 50.2 Å². The molecular formula is C27H23Cl3N8O3. The number of carbonyl (C=O) groups is 3. The van der Waals surface area contributed by atoms with E-state index in [4.69, 9.17) is 34.8 Å². The maximum atomic E-state index is 13.7. The molecule has 41 heavy (non-hydrogen) atoms. The minimum Gasteiger partial charge on any atom is -0.355 e. The Labute approximate surface area is 250 Å². The van der Waals surface area contributed by atoms with Crippen LogP contribution in [0.3, 0.4) is 0 Å². The van der Waals surface area contributed by atoms with Gasteiger partial charge in [0.1, 0.15) is 10.8 Å². The van der Waals surface area contributed by atoms with Gasteiger partial charge in [0.2, 0.25) is 0 Å². The molecule has 0 aliphatic carbocycles. The second-order valence-electron chi connectivity index (χ2n) is 9.13. The van der Waals surface area contributed by atoms with Crippen LogP contribution in [0.1, 0.15) is 32.0 Å². The van der Waals surface area contributed by atoms with Crippen LogP contribution >= 0.6 is 34.8 Å². The maximum Gasteiger partial charge on any atom is 0.326 e. The predicted octanol–water partition coefficient (Wildman–Crippen LogP) is 4.99. The van der Waals surface area contributed by atoms with E-state index in [0.29, 0.717) is 35.4 Å². The van der Waals surface area contributed by atoms with E-state index in [9.17, 15) is 14.4 Å². The SMILES string of the molecule is CNC(=O)c1cc(Cl)cc(C)c1NC(=O)c1cc(N2CCN(Cc3ccc(Cl)nc3)C2=O)nn1-c1ncccc1Cl. The predicted molar refractivity (Wildman–Crippen MR) is 156 cm³/mol. The van der Waals surface area contributed by atoms with Gasteiger partial charge in [-0.05, 0) is 48.4 Å². The Bertz CT molecular complexity index is 1660. The highest BCUT2D eigenvalue weighted by atomic mass is 35.5. The number of halogens is 3. The lowest BCUT2D eigenvalue weighted by atomic mass is 10.1. The summed E-state index contributed by atoms with van der Waals surface area (Å²) in [6, 6.07) is 11.0. The molecule has 0 saturated carbocycles. The molecule has 4 amide bonds. The Balaban J connectivity index is 1.50. The summed E-state index contributed by atoms with van der Waals surface area (Å²) in [4.78, 5) is 51.1. The van der Waals surface area contributed by atoms with Gasteiger partial charge in [0.05, 0.1) is 16.3 Å². The highest BCUT2D eigenvalue weighted by Gasteiger charge is 2.33. The number of hydrogen-bond acceptors (Lipinski definition) is 6. The van der Waals surface area contributed by atoms with Crippen molar-refractivity contribution >= 4 is 64.2 Å². The van der Waals surface area contributed by atoms with Crippen LogP contribution in [0, 0.1) is 6.92 Å². The zero-order valence-corrected chi connectivity index (χ0v) is 24.1. The van der Waals surface area contributed by atoms with E-state index in [1.807, 2.05) is 0 Å². The normalized spacial score (nSPS) is 13.0. The molecule has 2 N–H and O–H groups in total. The maximum absolute atomic E-state index is 13.7. The standard InChI is InChI=1S/C27H23Cl3N8O3/c1-15-10-17(28)11-18(25(39)31-2)23(15)34-26(40)20-12-22(35-38(20)24-19(29)4-3-7-32-24)37-9-8-36(27(37)41)14-16-5-6-21(30)33-13-16/h3-7,10-13H,8-9,14H2,1-2H3,(H,31,39)(H,34,40). The molecule has 1 saturated heterocycles. The number of aryl methyl sites for hydroxylation is 1. The van der Waals surface area contributed by atoms with Crippen LogP contribution in [0.4, 0.5) is 16.3 Å². The molecule has 1 aliphatic rings. The molecule has 0 bridgehead atoms. The van der Waals surface area contributed by atoms with Gasteiger partial charge < -0.3 is 15.5 Å². The van der Waals surface area contributed by atoms with Crippen molar-refractivity contribution in [2.45, 2.75) is 13.5 Å². The van der Waals surface area contributed by atoms with Crippen LogP contribution in [-0.2, 0) is 6.54 Å². The van der Waals surface area contributed by atoms with E-state index in [1.165, 1.54) is 35.0 Å². The number of carbonyl (C=O) groups excluding carboxylic acids is 3. The van der Waals surface area contributed by atoms with Crippen molar-refractivity contribution in [2.24, 2.45) is 0 Å². The number of nitrogens with one attached hydrogen (secondary N) is 2. The van der Waals surface area contributed by atoms with Crippen LogP contribution in [0.2, 0.25) is 15.2 Å². The van der Waals surface area contributed by atoms with Crippen LogP contribution in [0.15, 0.2) is 54.9 Å². The van der Waals surface area contributed by atoms with Crippen molar-refractivity contribution in [1.82, 2.24) is 30.0 Å². The van der Waals surface area contributed by atoms with Crippen molar-refractivity contribution in [3.63, 3.8) is 0 Å². The topological polar surface area (TPSA) is 125 Å². The minimum atomic E-state index is -0.600. The largest absolute Gasteiger partial charge is 0.355 e. The summed E-state index contributed by atoms with van der Waals surface area (Å²) in [5, 5.41) is 10.9. The summed E-state index contributed by atoms with van der Waals surface area (Å²) in [7, 11) is 1.48. The molecule has 5 rings (SSSR count). The van der Waals surface area contributed by atoms with Crippen LogP contribution in [0.25, 0.3) is 5.82 Å². The lowest BCUT2D eigenvalue weighted by Gasteiger charge is -2.17. The molecule has 1 aliphatic heterocycles. The van der Waals surface area contributed by atoms with Gasteiger partial charge in [-0.2, -0.15) is 0 Å². The summed E-state index contributed by atoms with van der Waals surface area (Å²) < 4.78 is 1.27. The molecule has 3 aromatic heterocycles. The summed E-state index contributed by atoms with van der Waals surface area (Å²) in [5.41, 5.74) is 1.91. The van der Waals surface area contributed by atoms with Crippen molar-refractivity contribution in [2.75, 3.05) is 30.4 Å². The first-order valence-electron chi connectivity index (χ1n) is 12.4. The van der Waals surface area contributed by atoms with Gasteiger partial charge in [-0.3, -0.25) is 14.5 Å². The van der Waals surface area contributed by atoms with Crippen LogP contribution in [-0.4, -0.2) is 62.6 Å². The van der Waals surface area contributed by atoms with Crippen molar-refractivity contribution in [1.29, 1.82) is 0 Å². The second-order valence-corrected chi connectivity index (χ2v) is 10.4. The summed E-state index contributed by atoms with van der Waals surface area (Å²) in [5.74, 6) is -0.595. The number of amides is 4. The molecule has 1 fully saturated rings. The number of hydrogen-bond donors (Lipinski definition) is 2. The zero-order valence-electron chi connectivity index (χ0n) is 21.9.